The fourth-order valence-electron chi connectivity index (χ4n) is 3.75. The maximum absolute atomic E-state index is 14.6. The molecule has 33 heavy (non-hydrogen) atoms. The fourth-order valence-corrected chi connectivity index (χ4v) is 3.75. The van der Waals surface area contributed by atoms with Crippen molar-refractivity contribution in [2.75, 3.05) is 13.7 Å². The van der Waals surface area contributed by atoms with E-state index in [4.69, 9.17) is 14.2 Å². The molecule has 0 aliphatic heterocycles. The summed E-state index contributed by atoms with van der Waals surface area (Å²) in [6.45, 7) is 1.62. The first-order chi connectivity index (χ1) is 15.9. The van der Waals surface area contributed by atoms with Crippen LogP contribution in [0.25, 0.3) is 0 Å². The number of hydrogen-bond donors (Lipinski definition) is 2. The minimum atomic E-state index is -1.51. The number of rotatable bonds is 9. The number of carbonyl (C=O) groups is 1. The second-order valence-electron chi connectivity index (χ2n) is 7.65. The number of halogens is 2. The maximum Gasteiger partial charge on any atom is 0.254 e. The van der Waals surface area contributed by atoms with Crippen LogP contribution in [0.15, 0.2) is 30.3 Å². The average Bonchev–Trinajstić information content (AvgIpc) is 3.20. The highest BCUT2D eigenvalue weighted by Crippen LogP contribution is 2.30. The number of nitriles is 1. The number of nitrogens with zero attached hydrogens (tertiary/aromatic N) is 1. The zero-order valence-electron chi connectivity index (χ0n) is 18.4. The van der Waals surface area contributed by atoms with E-state index in [9.17, 15) is 23.9 Å². The summed E-state index contributed by atoms with van der Waals surface area (Å²) in [6, 6.07) is 8.73. The molecule has 9 heteroatoms. The minimum absolute atomic E-state index is 0.0159. The molecule has 1 fully saturated rings. The molecule has 0 spiro atoms. The lowest BCUT2D eigenvalue weighted by atomic mass is 10.1. The summed E-state index contributed by atoms with van der Waals surface area (Å²) in [5.41, 5.74) is 0.398. The van der Waals surface area contributed by atoms with Gasteiger partial charge in [0.1, 0.15) is 29.2 Å². The second kappa shape index (κ2) is 11.1. The highest BCUT2D eigenvalue weighted by atomic mass is 19.1. The molecule has 1 aliphatic carbocycles. The van der Waals surface area contributed by atoms with E-state index < -0.39 is 41.4 Å². The predicted octanol–water partition coefficient (Wildman–Crippen LogP) is 3.53. The van der Waals surface area contributed by atoms with Crippen LogP contribution in [0.2, 0.25) is 0 Å². The molecule has 3 atom stereocenters. The number of methoxy groups -OCH3 is 1. The lowest BCUT2D eigenvalue weighted by Crippen LogP contribution is -2.32. The molecule has 1 aliphatic rings. The third-order valence-electron chi connectivity index (χ3n) is 5.47. The molecule has 1 amide bonds. The van der Waals surface area contributed by atoms with Crippen molar-refractivity contribution in [3.63, 3.8) is 0 Å². The van der Waals surface area contributed by atoms with Crippen LogP contribution in [-0.2, 0) is 16.1 Å². The van der Waals surface area contributed by atoms with Crippen LogP contribution in [-0.4, -0.2) is 36.9 Å². The first-order valence-corrected chi connectivity index (χ1v) is 10.7. The van der Waals surface area contributed by atoms with Crippen LogP contribution >= 0.6 is 0 Å². The van der Waals surface area contributed by atoms with Gasteiger partial charge in [-0.1, -0.05) is 6.07 Å². The van der Waals surface area contributed by atoms with Crippen LogP contribution in [0.4, 0.5) is 8.78 Å². The number of amides is 1. The average molecular weight is 460 g/mol. The summed E-state index contributed by atoms with van der Waals surface area (Å²) >= 11 is 0. The smallest absolute Gasteiger partial charge is 0.254 e. The molecule has 2 aromatic carbocycles. The monoisotopic (exact) mass is 460 g/mol. The Morgan fingerprint density at radius 3 is 2.58 bits per heavy atom. The van der Waals surface area contributed by atoms with Crippen LogP contribution in [0.5, 0.6) is 11.5 Å². The van der Waals surface area contributed by atoms with Crippen LogP contribution in [0, 0.1) is 23.0 Å². The van der Waals surface area contributed by atoms with Gasteiger partial charge in [-0.05, 0) is 38.3 Å². The van der Waals surface area contributed by atoms with Crippen molar-refractivity contribution < 1.29 is 32.9 Å². The molecule has 2 N–H and O–H groups in total. The molecule has 1 unspecified atom stereocenters. The molecule has 1 saturated carbocycles. The quantitative estimate of drug-likeness (QED) is 0.594. The van der Waals surface area contributed by atoms with Crippen molar-refractivity contribution >= 4 is 5.91 Å². The number of hydrogen-bond acceptors (Lipinski definition) is 6. The lowest BCUT2D eigenvalue weighted by molar-refractivity contribution is -0.133. The Balaban J connectivity index is 1.80. The summed E-state index contributed by atoms with van der Waals surface area (Å²) in [4.78, 5) is 12.9. The Labute approximate surface area is 190 Å². The summed E-state index contributed by atoms with van der Waals surface area (Å²) in [6.07, 6.45) is -0.408. The zero-order chi connectivity index (χ0) is 24.0. The van der Waals surface area contributed by atoms with Gasteiger partial charge < -0.3 is 24.6 Å². The van der Waals surface area contributed by atoms with Gasteiger partial charge in [0.2, 0.25) is 0 Å². The number of nitrogens with one attached hydrogen (secondary N) is 1. The molecule has 0 bridgehead atoms. The zero-order valence-corrected chi connectivity index (χ0v) is 18.4. The normalized spacial score (nSPS) is 18.4. The van der Waals surface area contributed by atoms with E-state index in [0.29, 0.717) is 29.7 Å². The molecule has 0 aromatic heterocycles. The van der Waals surface area contributed by atoms with Gasteiger partial charge in [0, 0.05) is 30.8 Å². The van der Waals surface area contributed by atoms with Crippen molar-refractivity contribution in [1.29, 1.82) is 5.26 Å². The first-order valence-electron chi connectivity index (χ1n) is 10.7. The van der Waals surface area contributed by atoms with Gasteiger partial charge in [0.15, 0.2) is 6.10 Å². The van der Waals surface area contributed by atoms with Crippen molar-refractivity contribution in [2.24, 2.45) is 0 Å². The van der Waals surface area contributed by atoms with Gasteiger partial charge in [-0.2, -0.15) is 5.26 Å². The topological polar surface area (TPSA) is 101 Å². The van der Waals surface area contributed by atoms with E-state index >= 15 is 0 Å². The highest BCUT2D eigenvalue weighted by molar-refractivity contribution is 5.82. The third kappa shape index (κ3) is 5.78. The molecule has 3 rings (SSSR count). The van der Waals surface area contributed by atoms with E-state index in [1.807, 2.05) is 6.07 Å². The van der Waals surface area contributed by atoms with Crippen molar-refractivity contribution in [3.8, 4) is 17.6 Å². The molecular weight excluding hydrogens is 434 g/mol. The summed E-state index contributed by atoms with van der Waals surface area (Å²) in [5.74, 6) is -2.32. The van der Waals surface area contributed by atoms with Gasteiger partial charge >= 0.3 is 0 Å². The summed E-state index contributed by atoms with van der Waals surface area (Å²) in [5, 5.41) is 21.9. The molecular formula is C24H26F2N2O5. The molecule has 0 saturated heterocycles. The first kappa shape index (κ1) is 24.4. The lowest BCUT2D eigenvalue weighted by Gasteiger charge is -2.21. The van der Waals surface area contributed by atoms with Gasteiger partial charge in [0.05, 0.1) is 30.4 Å². The fraction of sp³-hybridized carbons (Fsp3) is 0.417. The van der Waals surface area contributed by atoms with Crippen LogP contribution in [0.3, 0.4) is 0 Å². The second-order valence-corrected chi connectivity index (χ2v) is 7.65. The van der Waals surface area contributed by atoms with Crippen LogP contribution in [0.1, 0.15) is 49.0 Å². The van der Waals surface area contributed by atoms with Gasteiger partial charge in [-0.15, -0.1) is 0 Å². The Morgan fingerprint density at radius 2 is 2.00 bits per heavy atom. The predicted molar refractivity (Wildman–Crippen MR) is 115 cm³/mol. The Morgan fingerprint density at radius 1 is 1.27 bits per heavy atom. The molecule has 7 nitrogen and oxygen atoms in total. The van der Waals surface area contributed by atoms with E-state index in [1.54, 1.807) is 19.1 Å². The minimum Gasteiger partial charge on any atom is -0.497 e. The number of ether oxygens (including phenoxy) is 3. The van der Waals surface area contributed by atoms with Gasteiger partial charge in [-0.25, -0.2) is 8.78 Å². The highest BCUT2D eigenvalue weighted by Gasteiger charge is 2.30. The Bertz CT molecular complexity index is 1020. The van der Waals surface area contributed by atoms with Gasteiger partial charge in [0.25, 0.3) is 5.91 Å². The number of carbonyl (C=O) groups excluding carboxylic acids is 1. The van der Waals surface area contributed by atoms with Crippen molar-refractivity contribution in [1.82, 2.24) is 5.32 Å². The summed E-state index contributed by atoms with van der Waals surface area (Å²) in [7, 11) is 1.28. The van der Waals surface area contributed by atoms with E-state index in [0.717, 1.165) is 18.6 Å². The Hall–Kier alpha value is -3.22. The number of benzene rings is 2. The SMILES string of the molecule is CCOC(C(=O)NCc1ccc(C#N)cc1O[C@@H]1CCC[C@H]1O)c1c(F)cc(OC)cc1F. The molecule has 2 aromatic rings. The van der Waals surface area contributed by atoms with E-state index in [-0.39, 0.29) is 18.9 Å². The van der Waals surface area contributed by atoms with Crippen molar-refractivity contribution in [3.05, 3.63) is 58.7 Å². The molecule has 176 valence electrons. The molecule has 0 heterocycles. The third-order valence-corrected chi connectivity index (χ3v) is 5.47. The summed E-state index contributed by atoms with van der Waals surface area (Å²) < 4.78 is 45.3. The van der Waals surface area contributed by atoms with E-state index in [1.165, 1.54) is 13.2 Å². The van der Waals surface area contributed by atoms with Crippen LogP contribution < -0.4 is 14.8 Å². The van der Waals surface area contributed by atoms with E-state index in [2.05, 4.69) is 5.32 Å². The largest absolute Gasteiger partial charge is 0.497 e. The maximum atomic E-state index is 14.6. The van der Waals surface area contributed by atoms with Gasteiger partial charge in [-0.3, -0.25) is 4.79 Å². The number of aliphatic hydroxyl groups is 1. The standard InChI is InChI=1S/C24H26F2N2O5/c1-3-32-23(22-17(25)10-16(31-2)11-18(22)26)24(30)28-13-15-8-7-14(12-27)9-21(15)33-20-6-4-5-19(20)29/h7-11,19-20,23,29H,3-6,13H2,1-2H3,(H,28,30)/t19-,20-,23?/m1/s1. The van der Waals surface area contributed by atoms with Crippen molar-refractivity contribution in [2.45, 2.75) is 51.0 Å². The number of aliphatic hydroxyl groups excluding tert-OH is 1. The molecule has 0 radical (unpaired) electrons. The Kier molecular flexibility index (Phi) is 8.20.